The summed E-state index contributed by atoms with van der Waals surface area (Å²) < 4.78 is 5.22. The van der Waals surface area contributed by atoms with Crippen LogP contribution < -0.4 is 0 Å². The van der Waals surface area contributed by atoms with Crippen molar-refractivity contribution >= 4 is 28.0 Å². The third-order valence-corrected chi connectivity index (χ3v) is 2.85. The number of hydrogen-bond acceptors (Lipinski definition) is 2. The Morgan fingerprint density at radius 3 is 2.61 bits per heavy atom. The number of hydrogen-bond donors (Lipinski definition) is 0. The minimum atomic E-state index is -0.451. The summed E-state index contributed by atoms with van der Waals surface area (Å²) in [5, 5.41) is 0.767. The van der Waals surface area contributed by atoms with Gasteiger partial charge in [-0.1, -0.05) is 39.7 Å². The summed E-state index contributed by atoms with van der Waals surface area (Å²) in [7, 11) is 0. The summed E-state index contributed by atoms with van der Waals surface area (Å²) in [6.45, 7) is 7.62. The first-order chi connectivity index (χ1) is 8.31. The van der Waals surface area contributed by atoms with Gasteiger partial charge in [0.25, 0.3) is 0 Å². The topological polar surface area (TPSA) is 26.3 Å². The summed E-state index contributed by atoms with van der Waals surface area (Å²) in [5.74, 6) is -0.316. The molecule has 0 radical (unpaired) electrons. The van der Waals surface area contributed by atoms with Gasteiger partial charge in [-0.3, -0.25) is 0 Å². The van der Waals surface area contributed by atoms with E-state index in [0.29, 0.717) is 0 Å². The highest BCUT2D eigenvalue weighted by Crippen LogP contribution is 2.17. The molecule has 0 spiro atoms. The van der Waals surface area contributed by atoms with Crippen LogP contribution in [0.1, 0.15) is 37.5 Å². The van der Waals surface area contributed by atoms with Gasteiger partial charge < -0.3 is 4.74 Å². The van der Waals surface area contributed by atoms with E-state index in [1.165, 1.54) is 11.6 Å². The molecular formula is C15H19BrO2. The average molecular weight is 311 g/mol. The molecule has 0 N–H and O–H groups in total. The number of benzene rings is 1. The molecule has 0 aromatic heterocycles. The van der Waals surface area contributed by atoms with Crippen molar-refractivity contribution in [2.75, 3.05) is 0 Å². The summed E-state index contributed by atoms with van der Waals surface area (Å²) in [5.41, 5.74) is 2.95. The van der Waals surface area contributed by atoms with E-state index >= 15 is 0 Å². The van der Waals surface area contributed by atoms with Gasteiger partial charge in [-0.2, -0.15) is 0 Å². The highest BCUT2D eigenvalue weighted by atomic mass is 79.9. The second kappa shape index (κ2) is 6.19. The quantitative estimate of drug-likeness (QED) is 0.474. The molecule has 0 unspecified atom stereocenters. The van der Waals surface area contributed by atoms with Crippen LogP contribution in [0.25, 0.3) is 6.08 Å². The first kappa shape index (κ1) is 15.0. The molecule has 18 heavy (non-hydrogen) atoms. The highest BCUT2D eigenvalue weighted by molar-refractivity contribution is 9.08. The maximum Gasteiger partial charge on any atom is 0.331 e. The first-order valence-electron chi connectivity index (χ1n) is 5.88. The minimum absolute atomic E-state index is 0.316. The van der Waals surface area contributed by atoms with Gasteiger partial charge in [-0.15, -0.1) is 0 Å². The Morgan fingerprint density at radius 1 is 1.39 bits per heavy atom. The van der Waals surface area contributed by atoms with Gasteiger partial charge >= 0.3 is 5.97 Å². The van der Waals surface area contributed by atoms with Crippen LogP contribution in [-0.2, 0) is 14.9 Å². The van der Waals surface area contributed by atoms with Crippen LogP contribution in [0, 0.1) is 6.92 Å². The molecule has 0 heterocycles. The number of rotatable bonds is 3. The van der Waals surface area contributed by atoms with Gasteiger partial charge in [-0.05, 0) is 44.9 Å². The molecule has 0 bridgehead atoms. The van der Waals surface area contributed by atoms with E-state index in [0.717, 1.165) is 16.5 Å². The van der Waals surface area contributed by atoms with Gasteiger partial charge in [0.15, 0.2) is 0 Å². The van der Waals surface area contributed by atoms with Gasteiger partial charge in [-0.25, -0.2) is 4.79 Å². The first-order valence-corrected chi connectivity index (χ1v) is 7.00. The van der Waals surface area contributed by atoms with Gasteiger partial charge in [0.2, 0.25) is 0 Å². The number of alkyl halides is 1. The third-order valence-electron chi connectivity index (χ3n) is 2.25. The molecule has 3 heteroatoms. The van der Waals surface area contributed by atoms with Crippen LogP contribution in [0.5, 0.6) is 0 Å². The molecule has 98 valence electrons. The molecule has 0 fully saturated rings. The molecule has 1 aromatic carbocycles. The summed E-state index contributed by atoms with van der Waals surface area (Å²) >= 11 is 3.45. The standard InChI is InChI=1S/C15H19BrO2/c1-11-5-6-12(13(9-11)10-16)7-8-14(17)18-15(2,3)4/h5-9H,10H2,1-4H3. The van der Waals surface area contributed by atoms with Crippen LogP contribution in [-0.4, -0.2) is 11.6 Å². The average Bonchev–Trinajstić information content (AvgIpc) is 2.24. The largest absolute Gasteiger partial charge is 0.457 e. The molecule has 0 atom stereocenters. The Hall–Kier alpha value is -1.09. The summed E-state index contributed by atoms with van der Waals surface area (Å²) in [4.78, 5) is 11.6. The van der Waals surface area contributed by atoms with Crippen LogP contribution >= 0.6 is 15.9 Å². The number of halogens is 1. The van der Waals surface area contributed by atoms with E-state index in [1.54, 1.807) is 6.08 Å². The Balaban J connectivity index is 2.81. The molecule has 2 nitrogen and oxygen atoms in total. The summed E-state index contributed by atoms with van der Waals surface area (Å²) in [6, 6.07) is 6.14. The van der Waals surface area contributed by atoms with E-state index in [-0.39, 0.29) is 5.97 Å². The maximum atomic E-state index is 11.6. The van der Waals surface area contributed by atoms with E-state index < -0.39 is 5.60 Å². The fourth-order valence-corrected chi connectivity index (χ4v) is 1.99. The van der Waals surface area contributed by atoms with Crippen molar-refractivity contribution in [2.24, 2.45) is 0 Å². The predicted octanol–water partition coefficient (Wildman–Crippen LogP) is 4.24. The van der Waals surface area contributed by atoms with E-state index in [1.807, 2.05) is 39.8 Å². The lowest BCUT2D eigenvalue weighted by Crippen LogP contribution is -2.22. The smallest absolute Gasteiger partial charge is 0.331 e. The molecule has 0 aliphatic heterocycles. The molecule has 1 aromatic rings. The van der Waals surface area contributed by atoms with E-state index in [9.17, 15) is 4.79 Å². The van der Waals surface area contributed by atoms with Gasteiger partial charge in [0.1, 0.15) is 5.60 Å². The Bertz CT molecular complexity index is 456. The van der Waals surface area contributed by atoms with Crippen molar-refractivity contribution < 1.29 is 9.53 Å². The van der Waals surface area contributed by atoms with E-state index in [4.69, 9.17) is 4.74 Å². The number of carbonyl (C=O) groups is 1. The number of carbonyl (C=O) groups excluding carboxylic acids is 1. The zero-order chi connectivity index (χ0) is 13.8. The van der Waals surface area contributed by atoms with Crippen LogP contribution in [0.2, 0.25) is 0 Å². The van der Waals surface area contributed by atoms with Crippen molar-refractivity contribution in [1.82, 2.24) is 0 Å². The minimum Gasteiger partial charge on any atom is -0.457 e. The zero-order valence-electron chi connectivity index (χ0n) is 11.3. The van der Waals surface area contributed by atoms with Crippen molar-refractivity contribution in [1.29, 1.82) is 0 Å². The Morgan fingerprint density at radius 2 is 2.06 bits per heavy atom. The number of aryl methyl sites for hydroxylation is 1. The molecule has 0 saturated carbocycles. The predicted molar refractivity (Wildman–Crippen MR) is 78.7 cm³/mol. The van der Waals surface area contributed by atoms with Crippen molar-refractivity contribution in [2.45, 2.75) is 38.6 Å². The van der Waals surface area contributed by atoms with Crippen molar-refractivity contribution in [3.8, 4) is 0 Å². The second-order valence-electron chi connectivity index (χ2n) is 5.20. The SMILES string of the molecule is Cc1ccc(C=CC(=O)OC(C)(C)C)c(CBr)c1. The third kappa shape index (κ3) is 5.05. The van der Waals surface area contributed by atoms with E-state index in [2.05, 4.69) is 22.0 Å². The van der Waals surface area contributed by atoms with Crippen molar-refractivity contribution in [3.05, 3.63) is 41.0 Å². The molecule has 0 amide bonds. The lowest BCUT2D eigenvalue weighted by molar-refractivity contribution is -0.148. The van der Waals surface area contributed by atoms with Gasteiger partial charge in [0, 0.05) is 11.4 Å². The fourth-order valence-electron chi connectivity index (χ4n) is 1.51. The lowest BCUT2D eigenvalue weighted by Gasteiger charge is -2.17. The normalized spacial score (nSPS) is 11.8. The van der Waals surface area contributed by atoms with Crippen LogP contribution in [0.15, 0.2) is 24.3 Å². The number of ether oxygens (including phenoxy) is 1. The molecule has 1 rings (SSSR count). The monoisotopic (exact) mass is 310 g/mol. The second-order valence-corrected chi connectivity index (χ2v) is 5.76. The maximum absolute atomic E-state index is 11.6. The molecule has 0 aliphatic carbocycles. The Kier molecular flexibility index (Phi) is 5.15. The highest BCUT2D eigenvalue weighted by Gasteiger charge is 2.13. The van der Waals surface area contributed by atoms with Gasteiger partial charge in [0.05, 0.1) is 0 Å². The molecule has 0 saturated heterocycles. The Labute approximate surface area is 117 Å². The summed E-state index contributed by atoms with van der Waals surface area (Å²) in [6.07, 6.45) is 3.27. The van der Waals surface area contributed by atoms with Crippen LogP contribution in [0.3, 0.4) is 0 Å². The molecule has 0 aliphatic rings. The fraction of sp³-hybridized carbons (Fsp3) is 0.400. The number of esters is 1. The zero-order valence-corrected chi connectivity index (χ0v) is 12.9. The molecular weight excluding hydrogens is 292 g/mol. The lowest BCUT2D eigenvalue weighted by atomic mass is 10.1. The van der Waals surface area contributed by atoms with Crippen LogP contribution in [0.4, 0.5) is 0 Å². The van der Waals surface area contributed by atoms with Crippen molar-refractivity contribution in [3.63, 3.8) is 0 Å².